The predicted octanol–water partition coefficient (Wildman–Crippen LogP) is 3.90. The van der Waals surface area contributed by atoms with Gasteiger partial charge in [-0.15, -0.1) is 11.3 Å². The molecule has 1 unspecified atom stereocenters. The Labute approximate surface area is 159 Å². The van der Waals surface area contributed by atoms with Gasteiger partial charge < -0.3 is 14.6 Å². The number of hydrogen-bond acceptors (Lipinski definition) is 4. The summed E-state index contributed by atoms with van der Waals surface area (Å²) in [4.78, 5) is 28.7. The normalized spacial score (nSPS) is 14.9. The van der Waals surface area contributed by atoms with Crippen molar-refractivity contribution in [2.75, 3.05) is 6.54 Å². The highest BCUT2D eigenvalue weighted by Gasteiger charge is 2.29. The lowest BCUT2D eigenvalue weighted by Gasteiger charge is -2.30. The monoisotopic (exact) mass is 424 g/mol. The van der Waals surface area contributed by atoms with E-state index in [1.54, 1.807) is 17.4 Å². The van der Waals surface area contributed by atoms with Gasteiger partial charge in [0.15, 0.2) is 10.4 Å². The van der Waals surface area contributed by atoms with Gasteiger partial charge in [-0.25, -0.2) is 0 Å². The Bertz CT molecular complexity index is 783. The van der Waals surface area contributed by atoms with Gasteiger partial charge in [0.1, 0.15) is 6.04 Å². The molecule has 0 aliphatic carbocycles. The smallest absolute Gasteiger partial charge is 0.287 e. The van der Waals surface area contributed by atoms with E-state index in [1.165, 1.54) is 10.4 Å². The molecule has 2 amide bonds. The number of carbonyl (C=O) groups excluding carboxylic acids is 2. The summed E-state index contributed by atoms with van der Waals surface area (Å²) in [6, 6.07) is 3.30. The van der Waals surface area contributed by atoms with Gasteiger partial charge in [0.2, 0.25) is 5.91 Å². The van der Waals surface area contributed by atoms with E-state index in [9.17, 15) is 9.59 Å². The second-order valence-electron chi connectivity index (χ2n) is 6.26. The molecule has 2 aromatic rings. The molecule has 1 aliphatic rings. The van der Waals surface area contributed by atoms with Crippen LogP contribution in [-0.2, 0) is 17.8 Å². The summed E-state index contributed by atoms with van der Waals surface area (Å²) in [6.07, 6.45) is 2.31. The van der Waals surface area contributed by atoms with Gasteiger partial charge in [-0.05, 0) is 58.8 Å². The number of amides is 2. The summed E-state index contributed by atoms with van der Waals surface area (Å²) >= 11 is 4.98. The second-order valence-corrected chi connectivity index (χ2v) is 8.04. The molecular weight excluding hydrogens is 404 g/mol. The van der Waals surface area contributed by atoms with Crippen LogP contribution in [0, 0.1) is 6.92 Å². The molecule has 3 heterocycles. The molecule has 3 rings (SSSR count). The topological polar surface area (TPSA) is 62.6 Å². The van der Waals surface area contributed by atoms with Crippen molar-refractivity contribution >= 4 is 39.1 Å². The van der Waals surface area contributed by atoms with Crippen LogP contribution in [0.15, 0.2) is 26.6 Å². The van der Waals surface area contributed by atoms with Crippen molar-refractivity contribution in [2.24, 2.45) is 0 Å². The number of nitrogens with zero attached hydrogens (tertiary/aromatic N) is 1. The number of furan rings is 1. The average molecular weight is 425 g/mol. The van der Waals surface area contributed by atoms with Crippen molar-refractivity contribution in [1.29, 1.82) is 0 Å². The van der Waals surface area contributed by atoms with Crippen LogP contribution in [0.4, 0.5) is 0 Å². The second kappa shape index (κ2) is 7.74. The van der Waals surface area contributed by atoms with E-state index >= 15 is 0 Å². The minimum Gasteiger partial charge on any atom is -0.444 e. The lowest BCUT2D eigenvalue weighted by molar-refractivity contribution is -0.134. The molecule has 0 aromatic carbocycles. The number of halogens is 1. The molecule has 0 bridgehead atoms. The van der Waals surface area contributed by atoms with Crippen LogP contribution in [0.1, 0.15) is 46.3 Å². The van der Waals surface area contributed by atoms with Crippen LogP contribution < -0.4 is 5.32 Å². The summed E-state index contributed by atoms with van der Waals surface area (Å²) in [5, 5.41) is 4.93. The number of thiophene rings is 1. The minimum atomic E-state index is -0.527. The lowest BCUT2D eigenvalue weighted by atomic mass is 10.1. The lowest BCUT2D eigenvalue weighted by Crippen LogP contribution is -2.49. The molecule has 25 heavy (non-hydrogen) atoms. The van der Waals surface area contributed by atoms with Crippen LogP contribution in [0.5, 0.6) is 0 Å². The van der Waals surface area contributed by atoms with Gasteiger partial charge in [0.25, 0.3) is 5.91 Å². The third kappa shape index (κ3) is 3.98. The first-order valence-electron chi connectivity index (χ1n) is 8.40. The van der Waals surface area contributed by atoms with Crippen molar-refractivity contribution in [3.05, 3.63) is 43.9 Å². The van der Waals surface area contributed by atoms with Gasteiger partial charge in [0, 0.05) is 23.5 Å². The minimum absolute atomic E-state index is 0.0182. The highest BCUT2D eigenvalue weighted by molar-refractivity contribution is 9.10. The van der Waals surface area contributed by atoms with Crippen molar-refractivity contribution in [3.63, 3.8) is 0 Å². The molecule has 1 aliphatic heterocycles. The van der Waals surface area contributed by atoms with E-state index < -0.39 is 6.04 Å². The Kier molecular flexibility index (Phi) is 5.64. The Balaban J connectivity index is 1.71. The number of fused-ring (bicyclic) bond motifs is 1. The van der Waals surface area contributed by atoms with Crippen LogP contribution in [-0.4, -0.2) is 29.3 Å². The van der Waals surface area contributed by atoms with E-state index in [2.05, 4.69) is 32.7 Å². The largest absolute Gasteiger partial charge is 0.444 e. The zero-order chi connectivity index (χ0) is 18.0. The zero-order valence-electron chi connectivity index (χ0n) is 14.3. The summed E-state index contributed by atoms with van der Waals surface area (Å²) in [6.45, 7) is 5.14. The summed E-state index contributed by atoms with van der Waals surface area (Å²) in [5.74, 6) is -0.113. The van der Waals surface area contributed by atoms with E-state index in [-0.39, 0.29) is 17.6 Å². The third-order valence-electron chi connectivity index (χ3n) is 4.39. The van der Waals surface area contributed by atoms with Gasteiger partial charge in [-0.3, -0.25) is 9.59 Å². The SMILES string of the molecule is CCCC(NC(=O)c1oc(Br)cc1C)C(=O)N1CCc2sccc2C1. The highest BCUT2D eigenvalue weighted by Crippen LogP contribution is 2.25. The standard InChI is InChI=1S/C18H21BrN2O3S/c1-3-4-13(20-17(22)16-11(2)9-15(19)24-16)18(23)21-7-5-14-12(10-21)6-8-25-14/h6,8-9,13H,3-5,7,10H2,1-2H3,(H,20,22). The molecule has 5 nitrogen and oxygen atoms in total. The number of hydrogen-bond donors (Lipinski definition) is 1. The van der Waals surface area contributed by atoms with Crippen LogP contribution in [0.25, 0.3) is 0 Å². The molecule has 2 aromatic heterocycles. The molecule has 1 N–H and O–H groups in total. The number of carbonyl (C=O) groups is 2. The fourth-order valence-electron chi connectivity index (χ4n) is 3.10. The van der Waals surface area contributed by atoms with Gasteiger partial charge in [0.05, 0.1) is 0 Å². The molecular formula is C18H21BrN2O3S. The fourth-order valence-corrected chi connectivity index (χ4v) is 4.49. The number of rotatable bonds is 5. The molecule has 0 fully saturated rings. The average Bonchev–Trinajstić information content (AvgIpc) is 3.18. The fraction of sp³-hybridized carbons (Fsp3) is 0.444. The first-order chi connectivity index (χ1) is 12.0. The maximum atomic E-state index is 13.0. The van der Waals surface area contributed by atoms with Crippen LogP contribution >= 0.6 is 27.3 Å². The Hall–Kier alpha value is -1.60. The maximum Gasteiger partial charge on any atom is 0.287 e. The molecule has 7 heteroatoms. The van der Waals surface area contributed by atoms with E-state index in [0.717, 1.165) is 18.4 Å². The van der Waals surface area contributed by atoms with Crippen LogP contribution in [0.3, 0.4) is 0 Å². The summed E-state index contributed by atoms with van der Waals surface area (Å²) in [5.41, 5.74) is 1.96. The highest BCUT2D eigenvalue weighted by atomic mass is 79.9. The molecule has 134 valence electrons. The van der Waals surface area contributed by atoms with Gasteiger partial charge in [-0.2, -0.15) is 0 Å². The van der Waals surface area contributed by atoms with Crippen molar-refractivity contribution < 1.29 is 14.0 Å². The maximum absolute atomic E-state index is 13.0. The first-order valence-corrected chi connectivity index (χ1v) is 10.1. The van der Waals surface area contributed by atoms with Crippen molar-refractivity contribution in [2.45, 2.75) is 45.7 Å². The molecule has 0 saturated heterocycles. The summed E-state index contributed by atoms with van der Waals surface area (Å²) in [7, 11) is 0. The van der Waals surface area contributed by atoms with E-state index in [4.69, 9.17) is 4.42 Å². The molecule has 0 saturated carbocycles. The Morgan fingerprint density at radius 1 is 1.48 bits per heavy atom. The van der Waals surface area contributed by atoms with Crippen molar-refractivity contribution in [1.82, 2.24) is 10.2 Å². The van der Waals surface area contributed by atoms with Gasteiger partial charge in [-0.1, -0.05) is 13.3 Å². The first kappa shape index (κ1) is 18.2. The van der Waals surface area contributed by atoms with Gasteiger partial charge >= 0.3 is 0 Å². The van der Waals surface area contributed by atoms with Crippen molar-refractivity contribution in [3.8, 4) is 0 Å². The number of nitrogens with one attached hydrogen (secondary N) is 1. The third-order valence-corrected chi connectivity index (χ3v) is 5.81. The predicted molar refractivity (Wildman–Crippen MR) is 101 cm³/mol. The summed E-state index contributed by atoms with van der Waals surface area (Å²) < 4.78 is 5.91. The van der Waals surface area contributed by atoms with E-state index in [0.29, 0.717) is 24.2 Å². The quantitative estimate of drug-likeness (QED) is 0.791. The Morgan fingerprint density at radius 3 is 2.96 bits per heavy atom. The molecule has 1 atom stereocenters. The van der Waals surface area contributed by atoms with E-state index in [1.807, 2.05) is 18.7 Å². The number of aryl methyl sites for hydroxylation is 1. The van der Waals surface area contributed by atoms with Crippen LogP contribution in [0.2, 0.25) is 0 Å². The molecule has 0 radical (unpaired) electrons. The zero-order valence-corrected chi connectivity index (χ0v) is 16.7. The molecule has 0 spiro atoms. The Morgan fingerprint density at radius 2 is 2.28 bits per heavy atom.